The molecule has 11 heteroatoms. The standard InChI is InChI=1S/C25H28ClN3O7/c1-16(2)14-36-25(34)17-10-12-18(13-11-17)27-22(31)15-35-23(32)9-5-8-21(30)28-29-24(33)19-6-3-4-7-20(19)26/h3-4,6-7,10-13,16H,5,8-9,14-15H2,1-2H3,(H,27,31)(H,28,30)(H,29,33). The van der Waals surface area contributed by atoms with Crippen LogP contribution in [0, 0.1) is 5.92 Å². The largest absolute Gasteiger partial charge is 0.462 e. The van der Waals surface area contributed by atoms with Crippen molar-refractivity contribution in [2.75, 3.05) is 18.5 Å². The Hall–Kier alpha value is -3.92. The molecule has 0 bridgehead atoms. The summed E-state index contributed by atoms with van der Waals surface area (Å²) in [6.45, 7) is 3.67. The van der Waals surface area contributed by atoms with Crippen LogP contribution in [0.4, 0.5) is 5.69 Å². The predicted octanol–water partition coefficient (Wildman–Crippen LogP) is 3.27. The second-order valence-electron chi connectivity index (χ2n) is 8.11. The van der Waals surface area contributed by atoms with E-state index < -0.39 is 36.3 Å². The van der Waals surface area contributed by atoms with Crippen LogP contribution in [-0.2, 0) is 23.9 Å². The van der Waals surface area contributed by atoms with E-state index in [0.29, 0.717) is 17.9 Å². The minimum absolute atomic E-state index is 0.0456. The molecule has 3 amide bonds. The molecule has 0 unspecified atom stereocenters. The van der Waals surface area contributed by atoms with Crippen molar-refractivity contribution in [3.8, 4) is 0 Å². The quantitative estimate of drug-likeness (QED) is 0.307. The van der Waals surface area contributed by atoms with Gasteiger partial charge in [-0.25, -0.2) is 4.79 Å². The number of hydrogen-bond acceptors (Lipinski definition) is 7. The van der Waals surface area contributed by atoms with Crippen molar-refractivity contribution in [1.82, 2.24) is 10.9 Å². The zero-order valence-electron chi connectivity index (χ0n) is 20.0. The number of carbonyl (C=O) groups excluding carboxylic acids is 5. The Morgan fingerprint density at radius 3 is 2.22 bits per heavy atom. The van der Waals surface area contributed by atoms with Gasteiger partial charge in [-0.05, 0) is 48.7 Å². The molecule has 0 aliphatic rings. The van der Waals surface area contributed by atoms with Crippen LogP contribution in [-0.4, -0.2) is 42.9 Å². The van der Waals surface area contributed by atoms with E-state index in [-0.39, 0.29) is 35.8 Å². The molecule has 2 rings (SSSR count). The number of halogens is 1. The summed E-state index contributed by atoms with van der Waals surface area (Å²) in [5, 5.41) is 2.80. The van der Waals surface area contributed by atoms with Crippen molar-refractivity contribution in [3.63, 3.8) is 0 Å². The van der Waals surface area contributed by atoms with Gasteiger partial charge in [-0.2, -0.15) is 0 Å². The number of ether oxygens (including phenoxy) is 2. The zero-order valence-corrected chi connectivity index (χ0v) is 20.7. The fraction of sp³-hybridized carbons (Fsp3) is 0.320. The molecule has 0 spiro atoms. The maximum atomic E-state index is 12.0. The first-order valence-electron chi connectivity index (χ1n) is 11.2. The molecule has 10 nitrogen and oxygen atoms in total. The Morgan fingerprint density at radius 1 is 0.861 bits per heavy atom. The summed E-state index contributed by atoms with van der Waals surface area (Å²) < 4.78 is 10.0. The molecular weight excluding hydrogens is 490 g/mol. The first-order chi connectivity index (χ1) is 17.2. The fourth-order valence-electron chi connectivity index (χ4n) is 2.73. The van der Waals surface area contributed by atoms with Gasteiger partial charge in [0, 0.05) is 18.5 Å². The van der Waals surface area contributed by atoms with Crippen molar-refractivity contribution in [1.29, 1.82) is 0 Å². The topological polar surface area (TPSA) is 140 Å². The van der Waals surface area contributed by atoms with Crippen molar-refractivity contribution >= 4 is 46.9 Å². The Balaban J connectivity index is 1.62. The first kappa shape index (κ1) is 28.3. The number of amides is 3. The molecule has 2 aromatic rings. The number of hydrogen-bond donors (Lipinski definition) is 3. The molecule has 192 valence electrons. The molecule has 36 heavy (non-hydrogen) atoms. The van der Waals surface area contributed by atoms with Crippen molar-refractivity contribution in [2.24, 2.45) is 5.92 Å². The highest BCUT2D eigenvalue weighted by Gasteiger charge is 2.13. The van der Waals surface area contributed by atoms with Gasteiger partial charge in [0.25, 0.3) is 11.8 Å². The summed E-state index contributed by atoms with van der Waals surface area (Å²) in [7, 11) is 0. The molecule has 0 aromatic heterocycles. The maximum absolute atomic E-state index is 12.0. The first-order valence-corrected chi connectivity index (χ1v) is 11.6. The van der Waals surface area contributed by atoms with Gasteiger partial charge in [0.15, 0.2) is 6.61 Å². The number of carbonyl (C=O) groups is 5. The number of nitrogens with one attached hydrogen (secondary N) is 3. The lowest BCUT2D eigenvalue weighted by Gasteiger charge is -2.09. The third-order valence-electron chi connectivity index (χ3n) is 4.54. The van der Waals surface area contributed by atoms with Crippen LogP contribution in [0.15, 0.2) is 48.5 Å². The number of esters is 2. The van der Waals surface area contributed by atoms with Gasteiger partial charge in [-0.15, -0.1) is 0 Å². The summed E-state index contributed by atoms with van der Waals surface area (Å²) in [6, 6.07) is 12.5. The van der Waals surface area contributed by atoms with Gasteiger partial charge < -0.3 is 14.8 Å². The monoisotopic (exact) mass is 517 g/mol. The molecule has 3 N–H and O–H groups in total. The third-order valence-corrected chi connectivity index (χ3v) is 4.86. The van der Waals surface area contributed by atoms with Crippen LogP contribution in [0.3, 0.4) is 0 Å². The van der Waals surface area contributed by atoms with Gasteiger partial charge in [0.1, 0.15) is 0 Å². The maximum Gasteiger partial charge on any atom is 0.338 e. The molecular formula is C25H28ClN3O7. The van der Waals surface area contributed by atoms with Crippen LogP contribution >= 0.6 is 11.6 Å². The lowest BCUT2D eigenvalue weighted by molar-refractivity contribution is -0.147. The molecule has 0 saturated carbocycles. The van der Waals surface area contributed by atoms with Gasteiger partial charge in [0.2, 0.25) is 5.91 Å². The molecule has 0 aliphatic heterocycles. The second kappa shape index (κ2) is 14.5. The van der Waals surface area contributed by atoms with E-state index >= 15 is 0 Å². The van der Waals surface area contributed by atoms with E-state index in [4.69, 9.17) is 21.1 Å². The highest BCUT2D eigenvalue weighted by atomic mass is 35.5. The van der Waals surface area contributed by atoms with Gasteiger partial charge >= 0.3 is 11.9 Å². The average Bonchev–Trinajstić information content (AvgIpc) is 2.85. The Labute approximate surface area is 213 Å². The van der Waals surface area contributed by atoms with E-state index in [1.807, 2.05) is 13.8 Å². The number of rotatable bonds is 11. The smallest absolute Gasteiger partial charge is 0.338 e. The van der Waals surface area contributed by atoms with Crippen LogP contribution in [0.2, 0.25) is 5.02 Å². The highest BCUT2D eigenvalue weighted by molar-refractivity contribution is 6.33. The Morgan fingerprint density at radius 2 is 1.56 bits per heavy atom. The lowest BCUT2D eigenvalue weighted by atomic mass is 10.2. The van der Waals surface area contributed by atoms with Gasteiger partial charge in [-0.3, -0.25) is 30.0 Å². The van der Waals surface area contributed by atoms with E-state index in [9.17, 15) is 24.0 Å². The van der Waals surface area contributed by atoms with Gasteiger partial charge in [0.05, 0.1) is 22.8 Å². The molecule has 0 radical (unpaired) electrons. The minimum atomic E-state index is -0.652. The molecule has 0 aliphatic carbocycles. The van der Waals surface area contributed by atoms with Crippen LogP contribution < -0.4 is 16.2 Å². The number of hydrazine groups is 1. The average molecular weight is 518 g/mol. The molecule has 0 fully saturated rings. The number of anilines is 1. The highest BCUT2D eigenvalue weighted by Crippen LogP contribution is 2.14. The van der Waals surface area contributed by atoms with Crippen molar-refractivity contribution in [2.45, 2.75) is 33.1 Å². The predicted molar refractivity (Wildman–Crippen MR) is 132 cm³/mol. The van der Waals surface area contributed by atoms with E-state index in [1.165, 1.54) is 30.3 Å². The molecule has 0 heterocycles. The molecule has 2 aromatic carbocycles. The van der Waals surface area contributed by atoms with Crippen LogP contribution in [0.5, 0.6) is 0 Å². The Bertz CT molecular complexity index is 1090. The second-order valence-corrected chi connectivity index (χ2v) is 8.52. The van der Waals surface area contributed by atoms with E-state index in [0.717, 1.165) is 0 Å². The normalized spacial score (nSPS) is 10.3. The SMILES string of the molecule is CC(C)COC(=O)c1ccc(NC(=O)COC(=O)CCCC(=O)NNC(=O)c2ccccc2Cl)cc1. The van der Waals surface area contributed by atoms with Crippen LogP contribution in [0.25, 0.3) is 0 Å². The number of benzene rings is 2. The lowest BCUT2D eigenvalue weighted by Crippen LogP contribution is -2.41. The molecule has 0 atom stereocenters. The van der Waals surface area contributed by atoms with Crippen molar-refractivity contribution in [3.05, 3.63) is 64.7 Å². The zero-order chi connectivity index (χ0) is 26.5. The summed E-state index contributed by atoms with van der Waals surface area (Å²) in [5.41, 5.74) is 5.47. The van der Waals surface area contributed by atoms with E-state index in [2.05, 4.69) is 16.2 Å². The van der Waals surface area contributed by atoms with E-state index in [1.54, 1.807) is 18.2 Å². The summed E-state index contributed by atoms with van der Waals surface area (Å²) in [6.07, 6.45) is 0.0189. The summed E-state index contributed by atoms with van der Waals surface area (Å²) >= 11 is 5.92. The summed E-state index contributed by atoms with van der Waals surface area (Å²) in [4.78, 5) is 59.6. The van der Waals surface area contributed by atoms with Crippen LogP contribution in [0.1, 0.15) is 53.8 Å². The molecule has 0 saturated heterocycles. The Kier molecular flexibility index (Phi) is 11.4. The van der Waals surface area contributed by atoms with Gasteiger partial charge in [-0.1, -0.05) is 37.6 Å². The fourth-order valence-corrected chi connectivity index (χ4v) is 2.95. The summed E-state index contributed by atoms with van der Waals surface area (Å²) in [5.74, 6) is -2.51. The minimum Gasteiger partial charge on any atom is -0.462 e. The van der Waals surface area contributed by atoms with Crippen molar-refractivity contribution < 1.29 is 33.4 Å². The third kappa shape index (κ3) is 10.1.